The van der Waals surface area contributed by atoms with Crippen LogP contribution in [-0.4, -0.2) is 19.6 Å². The van der Waals surface area contributed by atoms with Gasteiger partial charge in [0.15, 0.2) is 0 Å². The quantitative estimate of drug-likeness (QED) is 0.788. The summed E-state index contributed by atoms with van der Waals surface area (Å²) >= 11 is 0. The average Bonchev–Trinajstić information content (AvgIpc) is 3.11. The molecule has 0 fully saturated rings. The maximum absolute atomic E-state index is 4.49. The highest BCUT2D eigenvalue weighted by Crippen LogP contribution is 2.21. The summed E-state index contributed by atoms with van der Waals surface area (Å²) in [5, 5.41) is 12.5. The van der Waals surface area contributed by atoms with E-state index in [2.05, 4.69) is 54.6 Å². The highest BCUT2D eigenvalue weighted by atomic mass is 15.3. The van der Waals surface area contributed by atoms with E-state index in [1.807, 2.05) is 40.8 Å². The van der Waals surface area contributed by atoms with Crippen LogP contribution in [0.2, 0.25) is 0 Å². The van der Waals surface area contributed by atoms with Crippen molar-refractivity contribution in [3.05, 3.63) is 65.2 Å². The van der Waals surface area contributed by atoms with Crippen LogP contribution in [0.4, 0.5) is 0 Å². The number of hydrogen-bond donors (Lipinski definition) is 1. The van der Waals surface area contributed by atoms with Gasteiger partial charge >= 0.3 is 0 Å². The third-order valence-corrected chi connectivity index (χ3v) is 4.27. The van der Waals surface area contributed by atoms with E-state index >= 15 is 0 Å². The fraction of sp³-hybridized carbons (Fsp3) is 0.333. The molecule has 0 saturated carbocycles. The van der Waals surface area contributed by atoms with E-state index in [9.17, 15) is 0 Å². The molecule has 0 aliphatic heterocycles. The molecule has 3 rings (SSSR count). The Morgan fingerprint density at radius 1 is 1.17 bits per heavy atom. The van der Waals surface area contributed by atoms with Gasteiger partial charge in [-0.1, -0.05) is 18.2 Å². The normalized spacial score (nSPS) is 12.5. The van der Waals surface area contributed by atoms with Gasteiger partial charge in [-0.3, -0.25) is 4.68 Å². The molecule has 0 aliphatic carbocycles. The van der Waals surface area contributed by atoms with Gasteiger partial charge in [-0.25, -0.2) is 4.68 Å². The monoisotopic (exact) mass is 309 g/mol. The van der Waals surface area contributed by atoms with Crippen LogP contribution in [0.1, 0.15) is 35.5 Å². The Morgan fingerprint density at radius 2 is 1.91 bits per heavy atom. The molecular weight excluding hydrogens is 286 g/mol. The van der Waals surface area contributed by atoms with E-state index in [1.165, 1.54) is 16.8 Å². The Labute approximate surface area is 136 Å². The SMILES string of the molecule is Cc1nn(C)c(C)c1[C@@H](C)NCc1cnn(-c2ccccc2)c1. The van der Waals surface area contributed by atoms with Gasteiger partial charge in [-0.15, -0.1) is 0 Å². The molecule has 0 amide bonds. The zero-order chi connectivity index (χ0) is 16.4. The van der Waals surface area contributed by atoms with Crippen molar-refractivity contribution in [1.29, 1.82) is 0 Å². The smallest absolute Gasteiger partial charge is 0.0645 e. The highest BCUT2D eigenvalue weighted by molar-refractivity contribution is 5.31. The van der Waals surface area contributed by atoms with Crippen LogP contribution in [0.25, 0.3) is 5.69 Å². The summed E-state index contributed by atoms with van der Waals surface area (Å²) in [6, 6.07) is 10.4. The molecule has 23 heavy (non-hydrogen) atoms. The molecule has 3 aromatic rings. The summed E-state index contributed by atoms with van der Waals surface area (Å²) in [5.74, 6) is 0. The van der Waals surface area contributed by atoms with Crippen LogP contribution in [-0.2, 0) is 13.6 Å². The van der Waals surface area contributed by atoms with Gasteiger partial charge in [0.05, 0.1) is 17.6 Å². The van der Waals surface area contributed by atoms with Gasteiger partial charge in [-0.05, 0) is 32.9 Å². The predicted octanol–water partition coefficient (Wildman–Crippen LogP) is 3.07. The van der Waals surface area contributed by atoms with Gasteiger partial charge in [0.25, 0.3) is 0 Å². The Morgan fingerprint density at radius 3 is 2.57 bits per heavy atom. The lowest BCUT2D eigenvalue weighted by Crippen LogP contribution is -2.19. The van der Waals surface area contributed by atoms with Crippen molar-refractivity contribution < 1.29 is 0 Å². The van der Waals surface area contributed by atoms with Crippen LogP contribution >= 0.6 is 0 Å². The standard InChI is InChI=1S/C18H23N5/c1-13(18-14(2)21-22(4)15(18)3)19-10-16-11-20-23(12-16)17-8-6-5-7-9-17/h5-9,11-13,19H,10H2,1-4H3/t13-/m1/s1. The third kappa shape index (κ3) is 3.19. The molecule has 5 heteroatoms. The van der Waals surface area contributed by atoms with Crippen molar-refractivity contribution in [3.8, 4) is 5.69 Å². The number of nitrogens with one attached hydrogen (secondary N) is 1. The van der Waals surface area contributed by atoms with Crippen LogP contribution in [0.5, 0.6) is 0 Å². The minimum atomic E-state index is 0.253. The molecule has 0 bridgehead atoms. The summed E-state index contributed by atoms with van der Waals surface area (Å²) < 4.78 is 3.85. The number of hydrogen-bond acceptors (Lipinski definition) is 3. The van der Waals surface area contributed by atoms with E-state index in [1.54, 1.807) is 0 Å². The molecule has 0 unspecified atom stereocenters. The molecule has 0 saturated heterocycles. The largest absolute Gasteiger partial charge is 0.306 e. The maximum Gasteiger partial charge on any atom is 0.0645 e. The summed E-state index contributed by atoms with van der Waals surface area (Å²) in [6.07, 6.45) is 3.98. The van der Waals surface area contributed by atoms with Gasteiger partial charge in [0.2, 0.25) is 0 Å². The van der Waals surface area contributed by atoms with Gasteiger partial charge in [-0.2, -0.15) is 10.2 Å². The summed E-state index contributed by atoms with van der Waals surface area (Å²) in [7, 11) is 1.99. The van der Waals surface area contributed by atoms with Crippen molar-refractivity contribution in [2.24, 2.45) is 7.05 Å². The molecule has 1 atom stereocenters. The van der Waals surface area contributed by atoms with Crippen molar-refractivity contribution in [2.75, 3.05) is 0 Å². The average molecular weight is 309 g/mol. The minimum absolute atomic E-state index is 0.253. The first-order valence-corrected chi connectivity index (χ1v) is 7.88. The number of aryl methyl sites for hydroxylation is 2. The lowest BCUT2D eigenvalue weighted by atomic mass is 10.1. The number of nitrogens with zero attached hydrogens (tertiary/aromatic N) is 4. The first-order chi connectivity index (χ1) is 11.1. The fourth-order valence-corrected chi connectivity index (χ4v) is 2.96. The van der Waals surface area contributed by atoms with Gasteiger partial charge in [0, 0.05) is 42.7 Å². The van der Waals surface area contributed by atoms with Crippen molar-refractivity contribution in [2.45, 2.75) is 33.4 Å². The molecule has 0 radical (unpaired) electrons. The first-order valence-electron chi connectivity index (χ1n) is 7.88. The number of rotatable bonds is 5. The Bertz CT molecular complexity index is 785. The summed E-state index contributed by atoms with van der Waals surface area (Å²) in [6.45, 7) is 7.13. The maximum atomic E-state index is 4.49. The van der Waals surface area contributed by atoms with E-state index in [0.717, 1.165) is 17.9 Å². The third-order valence-electron chi connectivity index (χ3n) is 4.27. The molecule has 1 N–H and O–H groups in total. The minimum Gasteiger partial charge on any atom is -0.306 e. The molecule has 5 nitrogen and oxygen atoms in total. The lowest BCUT2D eigenvalue weighted by molar-refractivity contribution is 0.568. The van der Waals surface area contributed by atoms with E-state index in [4.69, 9.17) is 0 Å². The second-order valence-electron chi connectivity index (χ2n) is 5.94. The molecular formula is C18H23N5. The van der Waals surface area contributed by atoms with Crippen LogP contribution < -0.4 is 5.32 Å². The lowest BCUT2D eigenvalue weighted by Gasteiger charge is -2.14. The van der Waals surface area contributed by atoms with Crippen molar-refractivity contribution in [3.63, 3.8) is 0 Å². The summed E-state index contributed by atoms with van der Waals surface area (Å²) in [5.41, 5.74) is 5.82. The van der Waals surface area contributed by atoms with Crippen LogP contribution in [0, 0.1) is 13.8 Å². The Hall–Kier alpha value is -2.40. The first kappa shape index (κ1) is 15.5. The topological polar surface area (TPSA) is 47.7 Å². The molecule has 0 spiro atoms. The molecule has 2 aromatic heterocycles. The highest BCUT2D eigenvalue weighted by Gasteiger charge is 2.15. The molecule has 1 aromatic carbocycles. The van der Waals surface area contributed by atoms with E-state index < -0.39 is 0 Å². The second kappa shape index (κ2) is 6.38. The Balaban J connectivity index is 1.68. The van der Waals surface area contributed by atoms with Crippen LogP contribution in [0.15, 0.2) is 42.7 Å². The fourth-order valence-electron chi connectivity index (χ4n) is 2.96. The van der Waals surface area contributed by atoms with Crippen LogP contribution in [0.3, 0.4) is 0 Å². The number of para-hydroxylation sites is 1. The number of benzene rings is 1. The Kier molecular flexibility index (Phi) is 4.30. The van der Waals surface area contributed by atoms with Crippen molar-refractivity contribution in [1.82, 2.24) is 24.9 Å². The van der Waals surface area contributed by atoms with Gasteiger partial charge < -0.3 is 5.32 Å². The van der Waals surface area contributed by atoms with Crippen molar-refractivity contribution >= 4 is 0 Å². The molecule has 2 heterocycles. The van der Waals surface area contributed by atoms with Gasteiger partial charge in [0.1, 0.15) is 0 Å². The molecule has 0 aliphatic rings. The van der Waals surface area contributed by atoms with E-state index in [0.29, 0.717) is 0 Å². The molecule has 120 valence electrons. The number of aromatic nitrogens is 4. The predicted molar refractivity (Wildman–Crippen MR) is 91.5 cm³/mol. The van der Waals surface area contributed by atoms with E-state index in [-0.39, 0.29) is 6.04 Å². The summed E-state index contributed by atoms with van der Waals surface area (Å²) in [4.78, 5) is 0. The zero-order valence-electron chi connectivity index (χ0n) is 14.1. The second-order valence-corrected chi connectivity index (χ2v) is 5.94. The zero-order valence-corrected chi connectivity index (χ0v) is 14.1.